The van der Waals surface area contributed by atoms with Gasteiger partial charge in [0.1, 0.15) is 42.5 Å². The molecule has 74 heavy (non-hydrogen) atoms. The Balaban J connectivity index is 0.884. The summed E-state index contributed by atoms with van der Waals surface area (Å²) in [6, 6.07) is 28.9. The van der Waals surface area contributed by atoms with Crippen LogP contribution in [0.1, 0.15) is 112 Å². The Morgan fingerprint density at radius 1 is 0.730 bits per heavy atom. The first-order chi connectivity index (χ1) is 35.8. The van der Waals surface area contributed by atoms with Crippen molar-refractivity contribution in [3.63, 3.8) is 0 Å². The van der Waals surface area contributed by atoms with E-state index in [0.29, 0.717) is 83.2 Å². The van der Waals surface area contributed by atoms with E-state index in [1.54, 1.807) is 24.3 Å². The smallest absolute Gasteiger partial charge is 0.353 e. The number of carbonyl (C=O) groups is 7. The highest BCUT2D eigenvalue weighted by Crippen LogP contribution is 2.43. The number of para-hydroxylation sites is 2. The molecule has 16 heteroatoms. The first-order valence-electron chi connectivity index (χ1n) is 25.3. The van der Waals surface area contributed by atoms with Crippen molar-refractivity contribution in [2.24, 2.45) is 4.99 Å². The van der Waals surface area contributed by atoms with Gasteiger partial charge in [-0.2, -0.15) is 0 Å². The number of rotatable bonds is 21. The molecule has 0 bridgehead atoms. The number of ketones is 2. The number of amides is 4. The van der Waals surface area contributed by atoms with Crippen LogP contribution in [0.2, 0.25) is 0 Å². The zero-order chi connectivity index (χ0) is 51.9. The molecule has 4 heterocycles. The van der Waals surface area contributed by atoms with Gasteiger partial charge in [-0.05, 0) is 115 Å². The SMILES string of the molecule is COc1cc2c(cc1OCc1cc(COc3cc4c(cc3C)C(=O)[N+]3(CC=N4)CCc4ccccc43)cc(NC(=O)CCC(=O)CNC(=O)CCC(=O)CCCCC(=O)O)c1)CC[C@@H]1Cc3ccccc3N1C2=O. The fourth-order valence-electron chi connectivity index (χ4n) is 10.5. The summed E-state index contributed by atoms with van der Waals surface area (Å²) >= 11 is 0. The fraction of sp³-hybridized carbons (Fsp3) is 0.345. The van der Waals surface area contributed by atoms with Gasteiger partial charge in [0.2, 0.25) is 11.8 Å². The molecule has 1 unspecified atom stereocenters. The molecule has 2 atom stereocenters. The molecule has 16 nitrogen and oxygen atoms in total. The Morgan fingerprint density at radius 3 is 2.23 bits per heavy atom. The molecular formula is C58H60N5O11+. The minimum absolute atomic E-state index is 0.00661. The van der Waals surface area contributed by atoms with Gasteiger partial charge < -0.3 is 34.9 Å². The second-order valence-electron chi connectivity index (χ2n) is 19.5. The highest BCUT2D eigenvalue weighted by atomic mass is 16.5. The number of nitrogens with zero attached hydrogens (tertiary/aromatic N) is 3. The van der Waals surface area contributed by atoms with Crippen LogP contribution in [-0.4, -0.2) is 85.3 Å². The first-order valence-corrected chi connectivity index (χ1v) is 25.3. The standard InChI is InChI=1S/C58H59N5O11/c1-36-25-47-48(59-22-24-63(58(47)71)23-21-39-9-4-7-13-50(39)63)32-51(36)73-34-37-26-38(28-42(27-37)61-55(67)20-18-45(65)33-60-54(66)19-17-44(64)11-5-8-14-56(68)69)35-74-53-30-40-15-16-43-29-41-10-3-6-12-49(41)62(43)57(70)46(40)31-52(53)72-2/h3-4,6-7,9-10,12-13,22,25-28,30-32,43H,5,8,11,14-21,23-24,29,33-35H2,1-2H3,(H2-,60,61,66,67,68,69)/p+1/t43-,63?/m1/s1. The summed E-state index contributed by atoms with van der Waals surface area (Å²) in [6.07, 6.45) is 5.43. The van der Waals surface area contributed by atoms with Gasteiger partial charge in [0.25, 0.3) is 5.91 Å². The van der Waals surface area contributed by atoms with Crippen LogP contribution in [0.3, 0.4) is 0 Å². The van der Waals surface area contributed by atoms with E-state index in [-0.39, 0.29) is 92.2 Å². The number of carbonyl (C=O) groups excluding carboxylic acids is 6. The highest BCUT2D eigenvalue weighted by Gasteiger charge is 2.47. The zero-order valence-electron chi connectivity index (χ0n) is 41.7. The van der Waals surface area contributed by atoms with Crippen molar-refractivity contribution in [2.75, 3.05) is 37.0 Å². The number of aryl methyl sites for hydroxylation is 2. The molecule has 0 aliphatic carbocycles. The number of hydrogen-bond acceptors (Lipinski definition) is 11. The molecule has 5 aromatic rings. The second kappa shape index (κ2) is 22.4. The predicted octanol–water partition coefficient (Wildman–Crippen LogP) is 8.50. The minimum Gasteiger partial charge on any atom is -0.493 e. The van der Waals surface area contributed by atoms with E-state index in [1.165, 1.54) is 12.7 Å². The summed E-state index contributed by atoms with van der Waals surface area (Å²) in [4.78, 5) is 96.5. The zero-order valence-corrected chi connectivity index (χ0v) is 41.7. The maximum atomic E-state index is 14.4. The molecule has 9 rings (SSSR count). The first kappa shape index (κ1) is 50.9. The topological polar surface area (TPSA) is 207 Å². The maximum Gasteiger partial charge on any atom is 0.353 e. The molecule has 4 amide bonds. The minimum atomic E-state index is -0.925. The lowest BCUT2D eigenvalue weighted by Gasteiger charge is -2.29. The Kier molecular flexibility index (Phi) is 15.4. The number of ether oxygens (including phenoxy) is 3. The van der Waals surface area contributed by atoms with Crippen molar-refractivity contribution in [1.29, 1.82) is 0 Å². The second-order valence-corrected chi connectivity index (χ2v) is 19.5. The number of methoxy groups -OCH3 is 1. The molecule has 1 spiro atoms. The van der Waals surface area contributed by atoms with Gasteiger partial charge in [-0.25, -0.2) is 9.28 Å². The number of hydrogen-bond donors (Lipinski definition) is 3. The molecule has 0 fully saturated rings. The number of unbranched alkanes of at least 4 members (excludes halogenated alkanes) is 1. The number of nitrogens with one attached hydrogen (secondary N) is 2. The normalized spacial score (nSPS) is 17.0. The van der Waals surface area contributed by atoms with Gasteiger partial charge in [0, 0.05) is 79.6 Å². The number of Topliss-reactive ketones (excluding diaryl/α,β-unsaturated/α-hetero) is 2. The van der Waals surface area contributed by atoms with Gasteiger partial charge in [-0.15, -0.1) is 0 Å². The molecule has 4 aliphatic heterocycles. The molecule has 0 saturated heterocycles. The molecule has 0 radical (unpaired) electrons. The van der Waals surface area contributed by atoms with Crippen LogP contribution in [0, 0.1) is 6.92 Å². The highest BCUT2D eigenvalue weighted by molar-refractivity contribution is 6.11. The number of fused-ring (bicyclic) bond motifs is 7. The summed E-state index contributed by atoms with van der Waals surface area (Å²) in [5, 5.41) is 14.2. The van der Waals surface area contributed by atoms with E-state index in [9.17, 15) is 33.6 Å². The lowest BCUT2D eigenvalue weighted by atomic mass is 9.99. The van der Waals surface area contributed by atoms with E-state index in [1.807, 2.05) is 72.6 Å². The fourth-order valence-corrected chi connectivity index (χ4v) is 10.5. The number of anilines is 2. The van der Waals surface area contributed by atoms with E-state index in [2.05, 4.69) is 22.8 Å². The van der Waals surface area contributed by atoms with Crippen LogP contribution < -0.4 is 34.2 Å². The Hall–Kier alpha value is -7.98. The number of benzene rings is 5. The summed E-state index contributed by atoms with van der Waals surface area (Å²) < 4.78 is 18.9. The Morgan fingerprint density at radius 2 is 1.45 bits per heavy atom. The van der Waals surface area contributed by atoms with Crippen LogP contribution in [0.4, 0.5) is 22.7 Å². The van der Waals surface area contributed by atoms with Gasteiger partial charge in [-0.1, -0.05) is 36.4 Å². The van der Waals surface area contributed by atoms with Crippen LogP contribution >= 0.6 is 0 Å². The van der Waals surface area contributed by atoms with Crippen molar-refractivity contribution >= 4 is 70.1 Å². The van der Waals surface area contributed by atoms with Gasteiger partial charge in [-0.3, -0.25) is 33.8 Å². The van der Waals surface area contributed by atoms with E-state index in [4.69, 9.17) is 24.3 Å². The average Bonchev–Trinajstić information content (AvgIpc) is 3.90. The molecule has 382 valence electrons. The van der Waals surface area contributed by atoms with Crippen molar-refractivity contribution < 1.29 is 52.9 Å². The van der Waals surface area contributed by atoms with Gasteiger partial charge >= 0.3 is 11.9 Å². The third-order valence-corrected chi connectivity index (χ3v) is 14.4. The van der Waals surface area contributed by atoms with Crippen molar-refractivity contribution in [3.8, 4) is 17.2 Å². The Bertz CT molecular complexity index is 3090. The summed E-state index contributed by atoms with van der Waals surface area (Å²) in [5.41, 5.74) is 9.31. The van der Waals surface area contributed by atoms with Gasteiger partial charge in [0.15, 0.2) is 17.3 Å². The number of carboxylic acids is 1. The molecule has 4 aliphatic rings. The molecule has 5 aromatic carbocycles. The third kappa shape index (κ3) is 11.3. The van der Waals surface area contributed by atoms with Crippen molar-refractivity contribution in [1.82, 2.24) is 9.80 Å². The number of aliphatic imine (C=N–C) groups is 1. The lowest BCUT2D eigenvalue weighted by Crippen LogP contribution is -2.53. The van der Waals surface area contributed by atoms with E-state index in [0.717, 1.165) is 47.3 Å². The van der Waals surface area contributed by atoms with Crippen molar-refractivity contribution in [3.05, 3.63) is 136 Å². The number of carboxylic acid groups (broad SMARTS) is 1. The number of quaternary nitrogens is 1. The number of aliphatic carboxylic acids is 1. The quantitative estimate of drug-likeness (QED) is 0.0469. The summed E-state index contributed by atoms with van der Waals surface area (Å²) in [6.45, 7) is 2.82. The van der Waals surface area contributed by atoms with Crippen LogP contribution in [0.25, 0.3) is 0 Å². The Labute approximate surface area is 429 Å². The van der Waals surface area contributed by atoms with Crippen LogP contribution in [0.15, 0.2) is 96.0 Å². The molecule has 0 saturated carbocycles. The maximum absolute atomic E-state index is 14.4. The summed E-state index contributed by atoms with van der Waals surface area (Å²) in [7, 11) is 1.53. The largest absolute Gasteiger partial charge is 0.493 e. The summed E-state index contributed by atoms with van der Waals surface area (Å²) in [5.74, 6) is -1.04. The van der Waals surface area contributed by atoms with Gasteiger partial charge in [0.05, 0.1) is 32.1 Å². The average molecular weight is 1000 g/mol. The molecule has 3 N–H and O–H groups in total. The monoisotopic (exact) mass is 1000 g/mol. The third-order valence-electron chi connectivity index (χ3n) is 14.4. The molecular weight excluding hydrogens is 943 g/mol. The van der Waals surface area contributed by atoms with E-state index >= 15 is 0 Å². The van der Waals surface area contributed by atoms with Crippen LogP contribution in [0.5, 0.6) is 17.2 Å². The lowest BCUT2D eigenvalue weighted by molar-refractivity contribution is -0.137. The predicted molar refractivity (Wildman–Crippen MR) is 279 cm³/mol. The molecule has 0 aromatic heterocycles. The van der Waals surface area contributed by atoms with Crippen LogP contribution in [-0.2, 0) is 56.4 Å². The van der Waals surface area contributed by atoms with Crippen molar-refractivity contribution in [2.45, 2.75) is 103 Å². The van der Waals surface area contributed by atoms with E-state index < -0.39 is 17.8 Å².